The van der Waals surface area contributed by atoms with Crippen molar-refractivity contribution in [1.82, 2.24) is 10.6 Å². The molecule has 2 aliphatic heterocycles. The van der Waals surface area contributed by atoms with Crippen LogP contribution in [-0.4, -0.2) is 77.0 Å². The number of halogens is 3. The van der Waals surface area contributed by atoms with Crippen molar-refractivity contribution in [3.8, 4) is 0 Å². The van der Waals surface area contributed by atoms with Gasteiger partial charge < -0.3 is 25.4 Å². The Hall–Kier alpha value is -3.36. The van der Waals surface area contributed by atoms with Crippen LogP contribution in [0.25, 0.3) is 0 Å². The molecule has 0 aromatic heterocycles. The Kier molecular flexibility index (Phi) is 10.2. The van der Waals surface area contributed by atoms with Gasteiger partial charge in [0.15, 0.2) is 0 Å². The lowest BCUT2D eigenvalue weighted by atomic mass is 10.1. The number of carboxylic acids is 1. The number of anilines is 2. The monoisotopic (exact) mass is 572 g/mol. The Bertz CT molecular complexity index is 1260. The predicted molar refractivity (Wildman–Crippen MR) is 139 cm³/mol. The number of ether oxygens (including phenoxy) is 1. The average Bonchev–Trinajstić information content (AvgIpc) is 3.41. The van der Waals surface area contributed by atoms with E-state index in [-0.39, 0.29) is 16.9 Å². The molecule has 2 aromatic rings. The van der Waals surface area contributed by atoms with Gasteiger partial charge in [0.25, 0.3) is 15.9 Å². The molecule has 1 unspecified atom stereocenters. The molecule has 2 heterocycles. The highest BCUT2D eigenvalue weighted by Crippen LogP contribution is 2.30. The first-order chi connectivity index (χ1) is 18.4. The summed E-state index contributed by atoms with van der Waals surface area (Å²) in [4.78, 5) is 24.0. The number of aliphatic carboxylic acids is 1. The van der Waals surface area contributed by atoms with Gasteiger partial charge in [-0.25, -0.2) is 13.2 Å². The van der Waals surface area contributed by atoms with Crippen molar-refractivity contribution in [3.63, 3.8) is 0 Å². The SMILES string of the molecule is Cc1cccc(S(=O)(=O)Nc2cc(C(=O)NCC3CCCO3)ccc2N2CCNCC2)c1.O=C(O)C(F)(F)F. The Labute approximate surface area is 224 Å². The third-order valence-electron chi connectivity index (χ3n) is 6.02. The largest absolute Gasteiger partial charge is 0.490 e. The van der Waals surface area contributed by atoms with Crippen LogP contribution in [0.2, 0.25) is 0 Å². The van der Waals surface area contributed by atoms with E-state index in [1.54, 1.807) is 30.3 Å². The van der Waals surface area contributed by atoms with Gasteiger partial charge in [0.05, 0.1) is 22.4 Å². The summed E-state index contributed by atoms with van der Waals surface area (Å²) in [5.41, 5.74) is 2.43. The highest BCUT2D eigenvalue weighted by Gasteiger charge is 2.38. The van der Waals surface area contributed by atoms with Gasteiger partial charge in [0.1, 0.15) is 0 Å². The molecule has 2 fully saturated rings. The molecule has 2 aromatic carbocycles. The maximum Gasteiger partial charge on any atom is 0.490 e. The van der Waals surface area contributed by atoms with Crippen molar-refractivity contribution < 1.29 is 41.0 Å². The molecule has 0 aliphatic carbocycles. The van der Waals surface area contributed by atoms with Gasteiger partial charge >= 0.3 is 12.1 Å². The first-order valence-electron chi connectivity index (χ1n) is 12.3. The Morgan fingerprint density at radius 1 is 1.15 bits per heavy atom. The lowest BCUT2D eigenvalue weighted by Crippen LogP contribution is -2.43. The standard InChI is InChI=1S/C23H30N4O4S.C2HF3O2/c1-17-4-2-6-20(14-17)32(29,30)26-21-15-18(23(28)25-16-19-5-3-13-31-19)7-8-22(21)27-11-9-24-10-12-27;3-2(4,5)1(6)7/h2,4,6-8,14-15,19,24,26H,3,5,9-13,16H2,1H3,(H,25,28);(H,6,7). The van der Waals surface area contributed by atoms with E-state index in [9.17, 15) is 26.4 Å². The molecule has 1 atom stereocenters. The van der Waals surface area contributed by atoms with Crippen LogP contribution in [0, 0.1) is 6.92 Å². The number of alkyl halides is 3. The molecule has 0 saturated carbocycles. The first kappa shape index (κ1) is 30.2. The summed E-state index contributed by atoms with van der Waals surface area (Å²) in [7, 11) is -3.81. The molecule has 0 bridgehead atoms. The van der Waals surface area contributed by atoms with E-state index in [4.69, 9.17) is 14.6 Å². The van der Waals surface area contributed by atoms with Crippen LogP contribution in [-0.2, 0) is 19.6 Å². The number of carbonyl (C=O) groups is 2. The van der Waals surface area contributed by atoms with Crippen LogP contribution in [0.4, 0.5) is 24.5 Å². The minimum Gasteiger partial charge on any atom is -0.475 e. The summed E-state index contributed by atoms with van der Waals surface area (Å²) in [5.74, 6) is -3.00. The number of carbonyl (C=O) groups excluding carboxylic acids is 1. The zero-order chi connectivity index (χ0) is 28.6. The average molecular weight is 573 g/mol. The van der Waals surface area contributed by atoms with Gasteiger partial charge in [0.2, 0.25) is 0 Å². The minimum atomic E-state index is -5.08. The molecule has 39 heavy (non-hydrogen) atoms. The number of sulfonamides is 1. The molecule has 214 valence electrons. The smallest absolute Gasteiger partial charge is 0.475 e. The molecule has 4 rings (SSSR count). The van der Waals surface area contributed by atoms with Gasteiger partial charge in [-0.15, -0.1) is 0 Å². The maximum absolute atomic E-state index is 13.1. The zero-order valence-corrected chi connectivity index (χ0v) is 22.1. The number of hydrogen-bond donors (Lipinski definition) is 4. The summed E-state index contributed by atoms with van der Waals surface area (Å²) in [6.07, 6.45) is -3.10. The second-order valence-electron chi connectivity index (χ2n) is 9.04. The van der Waals surface area contributed by atoms with Gasteiger partial charge in [0, 0.05) is 44.9 Å². The summed E-state index contributed by atoms with van der Waals surface area (Å²) in [6, 6.07) is 12.0. The van der Waals surface area contributed by atoms with Crippen molar-refractivity contribution in [1.29, 1.82) is 0 Å². The van der Waals surface area contributed by atoms with Crippen LogP contribution >= 0.6 is 0 Å². The van der Waals surface area contributed by atoms with E-state index < -0.39 is 22.2 Å². The fourth-order valence-electron chi connectivity index (χ4n) is 4.04. The quantitative estimate of drug-likeness (QED) is 0.398. The number of aryl methyl sites for hydroxylation is 1. The molecule has 0 spiro atoms. The molecule has 2 saturated heterocycles. The third-order valence-corrected chi connectivity index (χ3v) is 7.38. The zero-order valence-electron chi connectivity index (χ0n) is 21.3. The normalized spacial score (nSPS) is 17.6. The number of benzene rings is 2. The second-order valence-corrected chi connectivity index (χ2v) is 10.7. The second kappa shape index (κ2) is 13.1. The molecule has 2 aliphatic rings. The Balaban J connectivity index is 0.000000532. The van der Waals surface area contributed by atoms with Crippen molar-refractivity contribution in [3.05, 3.63) is 53.6 Å². The third kappa shape index (κ3) is 8.83. The molecular weight excluding hydrogens is 541 g/mol. The lowest BCUT2D eigenvalue weighted by molar-refractivity contribution is -0.192. The van der Waals surface area contributed by atoms with E-state index in [0.29, 0.717) is 17.8 Å². The van der Waals surface area contributed by atoms with Crippen LogP contribution in [0.15, 0.2) is 47.4 Å². The lowest BCUT2D eigenvalue weighted by Gasteiger charge is -2.31. The maximum atomic E-state index is 13.1. The van der Waals surface area contributed by atoms with Crippen molar-refractivity contribution in [2.24, 2.45) is 0 Å². The number of amides is 1. The van der Waals surface area contributed by atoms with Gasteiger partial charge in [-0.05, 0) is 55.7 Å². The van der Waals surface area contributed by atoms with E-state index in [2.05, 4.69) is 20.3 Å². The molecule has 1 amide bonds. The number of rotatable bonds is 7. The fraction of sp³-hybridized carbons (Fsp3) is 0.440. The predicted octanol–water partition coefficient (Wildman–Crippen LogP) is 2.75. The van der Waals surface area contributed by atoms with Gasteiger partial charge in [-0.2, -0.15) is 13.2 Å². The highest BCUT2D eigenvalue weighted by molar-refractivity contribution is 7.92. The number of hydrogen-bond acceptors (Lipinski definition) is 7. The Morgan fingerprint density at radius 2 is 1.85 bits per heavy atom. The highest BCUT2D eigenvalue weighted by atomic mass is 32.2. The fourth-order valence-corrected chi connectivity index (χ4v) is 5.21. The van der Waals surface area contributed by atoms with Crippen molar-refractivity contribution in [2.45, 2.75) is 36.9 Å². The molecule has 14 heteroatoms. The van der Waals surface area contributed by atoms with Crippen LogP contribution in [0.3, 0.4) is 0 Å². The van der Waals surface area contributed by atoms with E-state index in [1.807, 2.05) is 19.1 Å². The minimum absolute atomic E-state index is 0.0402. The van der Waals surface area contributed by atoms with Gasteiger partial charge in [-0.1, -0.05) is 12.1 Å². The number of nitrogens with zero attached hydrogens (tertiary/aromatic N) is 1. The molecule has 10 nitrogen and oxygen atoms in total. The first-order valence-corrected chi connectivity index (χ1v) is 13.7. The van der Waals surface area contributed by atoms with E-state index in [1.165, 1.54) is 0 Å². The number of nitrogens with one attached hydrogen (secondary N) is 3. The summed E-state index contributed by atoms with van der Waals surface area (Å²) in [6.45, 7) is 6.16. The number of carboxylic acid groups (broad SMARTS) is 1. The van der Waals surface area contributed by atoms with Crippen molar-refractivity contribution in [2.75, 3.05) is 49.0 Å². The molecular formula is C25H31F3N4O6S. The number of piperazine rings is 1. The summed E-state index contributed by atoms with van der Waals surface area (Å²) < 4.78 is 66.2. The Morgan fingerprint density at radius 3 is 2.44 bits per heavy atom. The van der Waals surface area contributed by atoms with Gasteiger partial charge in [-0.3, -0.25) is 9.52 Å². The van der Waals surface area contributed by atoms with Crippen LogP contribution in [0.1, 0.15) is 28.8 Å². The molecule has 0 radical (unpaired) electrons. The van der Waals surface area contributed by atoms with Crippen molar-refractivity contribution >= 4 is 33.3 Å². The topological polar surface area (TPSA) is 137 Å². The van der Waals surface area contributed by atoms with Crippen LogP contribution < -0.4 is 20.3 Å². The molecule has 4 N–H and O–H groups in total. The van der Waals surface area contributed by atoms with E-state index in [0.717, 1.165) is 56.9 Å². The van der Waals surface area contributed by atoms with Crippen LogP contribution in [0.5, 0.6) is 0 Å². The summed E-state index contributed by atoms with van der Waals surface area (Å²) >= 11 is 0. The van der Waals surface area contributed by atoms with E-state index >= 15 is 0 Å². The summed E-state index contributed by atoms with van der Waals surface area (Å²) in [5, 5.41) is 13.3.